The summed E-state index contributed by atoms with van der Waals surface area (Å²) in [5.74, 6) is 0. The standard InChI is InChI=1S/C13H12ClN3S/c14-10-1-2-11(13(15)18)12(7-10)17-8-9-3-5-16-6-4-9/h1-7,17H,8H2,(H2,15,18). The number of nitrogens with zero attached hydrogens (tertiary/aromatic N) is 1. The lowest BCUT2D eigenvalue weighted by Gasteiger charge is -2.11. The molecule has 3 N–H and O–H groups in total. The first-order valence-corrected chi connectivity index (χ1v) is 6.17. The fourth-order valence-electron chi connectivity index (χ4n) is 1.58. The molecule has 2 aromatic rings. The number of rotatable bonds is 4. The van der Waals surface area contributed by atoms with E-state index in [0.717, 1.165) is 16.8 Å². The quantitative estimate of drug-likeness (QED) is 0.844. The van der Waals surface area contributed by atoms with E-state index in [0.29, 0.717) is 16.6 Å². The van der Waals surface area contributed by atoms with Gasteiger partial charge in [-0.1, -0.05) is 23.8 Å². The Balaban J connectivity index is 2.18. The summed E-state index contributed by atoms with van der Waals surface area (Å²) in [6.07, 6.45) is 3.51. The number of hydrogen-bond acceptors (Lipinski definition) is 3. The van der Waals surface area contributed by atoms with E-state index in [-0.39, 0.29) is 0 Å². The zero-order chi connectivity index (χ0) is 13.0. The number of halogens is 1. The summed E-state index contributed by atoms with van der Waals surface area (Å²) < 4.78 is 0. The van der Waals surface area contributed by atoms with E-state index in [1.165, 1.54) is 0 Å². The largest absolute Gasteiger partial charge is 0.389 e. The zero-order valence-corrected chi connectivity index (χ0v) is 11.1. The Kier molecular flexibility index (Phi) is 4.12. The number of pyridine rings is 1. The van der Waals surface area contributed by atoms with Gasteiger partial charge in [0.15, 0.2) is 0 Å². The number of nitrogens with one attached hydrogen (secondary N) is 1. The molecule has 5 heteroatoms. The van der Waals surface area contributed by atoms with Gasteiger partial charge >= 0.3 is 0 Å². The summed E-state index contributed by atoms with van der Waals surface area (Å²) in [6.45, 7) is 0.665. The molecule has 0 saturated heterocycles. The molecule has 3 nitrogen and oxygen atoms in total. The van der Waals surface area contributed by atoms with Gasteiger partial charge in [-0.05, 0) is 35.9 Å². The van der Waals surface area contributed by atoms with Crippen LogP contribution >= 0.6 is 23.8 Å². The monoisotopic (exact) mass is 277 g/mol. The minimum Gasteiger partial charge on any atom is -0.389 e. The maximum atomic E-state index is 5.97. The lowest BCUT2D eigenvalue weighted by Crippen LogP contribution is -2.13. The average Bonchev–Trinajstić information content (AvgIpc) is 2.37. The second kappa shape index (κ2) is 5.80. The molecule has 1 aromatic heterocycles. The van der Waals surface area contributed by atoms with Crippen LogP contribution < -0.4 is 11.1 Å². The van der Waals surface area contributed by atoms with Gasteiger partial charge in [-0.3, -0.25) is 4.98 Å². The van der Waals surface area contributed by atoms with Crippen molar-refractivity contribution >= 4 is 34.5 Å². The molecule has 0 spiro atoms. The highest BCUT2D eigenvalue weighted by atomic mass is 35.5. The predicted octanol–water partition coefficient (Wildman–Crippen LogP) is 2.98. The van der Waals surface area contributed by atoms with E-state index in [2.05, 4.69) is 10.3 Å². The Morgan fingerprint density at radius 3 is 2.67 bits per heavy atom. The van der Waals surface area contributed by atoms with Crippen LogP contribution in [0, 0.1) is 0 Å². The first-order chi connectivity index (χ1) is 8.66. The van der Waals surface area contributed by atoms with Crippen molar-refractivity contribution in [1.82, 2.24) is 4.98 Å². The zero-order valence-electron chi connectivity index (χ0n) is 9.56. The van der Waals surface area contributed by atoms with Crippen molar-refractivity contribution in [2.45, 2.75) is 6.54 Å². The second-order valence-electron chi connectivity index (χ2n) is 3.76. The Labute approximate surface area is 116 Å². The third-order valence-electron chi connectivity index (χ3n) is 2.48. The maximum Gasteiger partial charge on any atom is 0.106 e. The molecule has 1 heterocycles. The molecule has 0 aliphatic rings. The van der Waals surface area contributed by atoms with Gasteiger partial charge < -0.3 is 11.1 Å². The molecule has 0 radical (unpaired) electrons. The molecule has 0 aliphatic heterocycles. The molecule has 0 saturated carbocycles. The molecular weight excluding hydrogens is 266 g/mol. The van der Waals surface area contributed by atoms with Crippen molar-refractivity contribution < 1.29 is 0 Å². The van der Waals surface area contributed by atoms with Crippen LogP contribution in [0.4, 0.5) is 5.69 Å². The van der Waals surface area contributed by atoms with E-state index in [4.69, 9.17) is 29.6 Å². The number of anilines is 1. The van der Waals surface area contributed by atoms with Crippen LogP contribution in [0.5, 0.6) is 0 Å². The number of benzene rings is 1. The fourth-order valence-corrected chi connectivity index (χ4v) is 1.93. The highest BCUT2D eigenvalue weighted by molar-refractivity contribution is 7.80. The molecule has 0 amide bonds. The Morgan fingerprint density at radius 2 is 2.00 bits per heavy atom. The van der Waals surface area contributed by atoms with Crippen molar-refractivity contribution in [2.75, 3.05) is 5.32 Å². The number of aromatic nitrogens is 1. The van der Waals surface area contributed by atoms with Crippen LogP contribution in [0.25, 0.3) is 0 Å². The van der Waals surface area contributed by atoms with Gasteiger partial charge in [-0.15, -0.1) is 0 Å². The molecule has 0 aliphatic carbocycles. The first kappa shape index (κ1) is 12.8. The maximum absolute atomic E-state index is 5.97. The first-order valence-electron chi connectivity index (χ1n) is 5.39. The van der Waals surface area contributed by atoms with E-state index < -0.39 is 0 Å². The molecule has 18 heavy (non-hydrogen) atoms. The summed E-state index contributed by atoms with van der Waals surface area (Å²) in [4.78, 5) is 4.32. The Bertz CT molecular complexity index is 557. The lowest BCUT2D eigenvalue weighted by atomic mass is 10.1. The van der Waals surface area contributed by atoms with Crippen molar-refractivity contribution in [3.8, 4) is 0 Å². The Morgan fingerprint density at radius 1 is 1.28 bits per heavy atom. The highest BCUT2D eigenvalue weighted by Crippen LogP contribution is 2.21. The summed E-state index contributed by atoms with van der Waals surface area (Å²) in [5.41, 5.74) is 8.43. The third-order valence-corrected chi connectivity index (χ3v) is 2.93. The van der Waals surface area contributed by atoms with Crippen molar-refractivity contribution in [3.63, 3.8) is 0 Å². The van der Waals surface area contributed by atoms with E-state index in [1.54, 1.807) is 18.5 Å². The van der Waals surface area contributed by atoms with Gasteiger partial charge in [0.05, 0.1) is 0 Å². The number of thiocarbonyl (C=S) groups is 1. The van der Waals surface area contributed by atoms with Crippen molar-refractivity contribution in [3.05, 3.63) is 58.9 Å². The highest BCUT2D eigenvalue weighted by Gasteiger charge is 2.05. The van der Waals surface area contributed by atoms with Crippen LogP contribution in [0.1, 0.15) is 11.1 Å². The van der Waals surface area contributed by atoms with Crippen LogP contribution in [0.3, 0.4) is 0 Å². The van der Waals surface area contributed by atoms with Gasteiger partial charge in [0.2, 0.25) is 0 Å². The molecule has 0 bridgehead atoms. The molecule has 0 fully saturated rings. The van der Waals surface area contributed by atoms with Crippen LogP contribution in [-0.2, 0) is 6.54 Å². The molecule has 1 aromatic carbocycles. The number of hydrogen-bond donors (Lipinski definition) is 2. The molecule has 92 valence electrons. The molecule has 0 atom stereocenters. The van der Waals surface area contributed by atoms with Gasteiger partial charge in [-0.2, -0.15) is 0 Å². The molecular formula is C13H12ClN3S. The van der Waals surface area contributed by atoms with Gasteiger partial charge in [-0.25, -0.2) is 0 Å². The second-order valence-corrected chi connectivity index (χ2v) is 4.64. The SMILES string of the molecule is NC(=S)c1ccc(Cl)cc1NCc1ccncc1. The van der Waals surface area contributed by atoms with Gasteiger partial charge in [0.1, 0.15) is 4.99 Å². The summed E-state index contributed by atoms with van der Waals surface area (Å²) in [7, 11) is 0. The molecule has 2 rings (SSSR count). The average molecular weight is 278 g/mol. The predicted molar refractivity (Wildman–Crippen MR) is 78.9 cm³/mol. The Hall–Kier alpha value is -1.65. The van der Waals surface area contributed by atoms with Crippen molar-refractivity contribution in [2.24, 2.45) is 5.73 Å². The van der Waals surface area contributed by atoms with Crippen LogP contribution in [0.15, 0.2) is 42.7 Å². The summed E-state index contributed by atoms with van der Waals surface area (Å²) in [6, 6.07) is 9.29. The van der Waals surface area contributed by atoms with Gasteiger partial charge in [0, 0.05) is 35.2 Å². The minimum atomic E-state index is 0.351. The summed E-state index contributed by atoms with van der Waals surface area (Å²) in [5, 5.41) is 3.92. The fraction of sp³-hybridized carbons (Fsp3) is 0.0769. The summed E-state index contributed by atoms with van der Waals surface area (Å²) >= 11 is 11.0. The van der Waals surface area contributed by atoms with Crippen LogP contribution in [-0.4, -0.2) is 9.97 Å². The van der Waals surface area contributed by atoms with E-state index in [1.807, 2.05) is 24.3 Å². The molecule has 0 unspecified atom stereocenters. The third kappa shape index (κ3) is 3.18. The van der Waals surface area contributed by atoms with E-state index >= 15 is 0 Å². The minimum absolute atomic E-state index is 0.351. The smallest absolute Gasteiger partial charge is 0.106 e. The van der Waals surface area contributed by atoms with Crippen LogP contribution in [0.2, 0.25) is 5.02 Å². The normalized spacial score (nSPS) is 10.1. The topological polar surface area (TPSA) is 50.9 Å². The van der Waals surface area contributed by atoms with Gasteiger partial charge in [0.25, 0.3) is 0 Å². The van der Waals surface area contributed by atoms with E-state index in [9.17, 15) is 0 Å². The number of nitrogens with two attached hydrogens (primary N) is 1. The van der Waals surface area contributed by atoms with Crippen molar-refractivity contribution in [1.29, 1.82) is 0 Å². The lowest BCUT2D eigenvalue weighted by molar-refractivity contribution is 1.13.